The van der Waals surface area contributed by atoms with Gasteiger partial charge in [0.1, 0.15) is 11.8 Å². The zero-order chi connectivity index (χ0) is 60.8. The fraction of sp³-hybridized carbons (Fsp3) is 0.500. The largest absolute Gasteiger partial charge is 0.417 e. The van der Waals surface area contributed by atoms with Crippen molar-refractivity contribution in [1.29, 1.82) is 0 Å². The first-order valence-corrected chi connectivity index (χ1v) is 29.9. The van der Waals surface area contributed by atoms with Crippen LogP contribution in [0.25, 0.3) is 21.6 Å². The second-order valence-electron chi connectivity index (χ2n) is 23.2. The molecular formula is C62H79F3N10O9S. The number of β-amino-alcohol motifs (C(OH)–C–C–N with tert-alkyl or cyclic N) is 1. The summed E-state index contributed by atoms with van der Waals surface area (Å²) in [4.78, 5) is 96.8. The number of nitrogens with zero attached hydrogens (tertiary/aromatic N) is 6. The molecule has 3 aliphatic rings. The summed E-state index contributed by atoms with van der Waals surface area (Å²) in [5.74, 6) is -2.68. The van der Waals surface area contributed by atoms with Crippen LogP contribution in [0.1, 0.15) is 79.2 Å². The first-order chi connectivity index (χ1) is 40.6. The number of hydrogen-bond donors (Lipinski definition) is 5. The third kappa shape index (κ3) is 18.1. The average molecular weight is 1200 g/mol. The van der Waals surface area contributed by atoms with Crippen LogP contribution in [0, 0.1) is 18.3 Å². The van der Waals surface area contributed by atoms with E-state index in [0.29, 0.717) is 50.2 Å². The van der Waals surface area contributed by atoms with E-state index >= 15 is 0 Å². The number of H-pyrrole nitrogens is 1. The van der Waals surface area contributed by atoms with Crippen molar-refractivity contribution in [2.75, 3.05) is 116 Å². The van der Waals surface area contributed by atoms with Crippen molar-refractivity contribution in [1.82, 2.24) is 40.2 Å². The van der Waals surface area contributed by atoms with Crippen LogP contribution < -0.4 is 26.4 Å². The van der Waals surface area contributed by atoms with Gasteiger partial charge in [0.15, 0.2) is 0 Å². The number of nitrogens with one attached hydrogen (secondary N) is 4. The number of hydrogen-bond acceptors (Lipinski definition) is 15. The molecule has 8 rings (SSSR count). The van der Waals surface area contributed by atoms with Gasteiger partial charge in [-0.1, -0.05) is 69.3 Å². The Hall–Kier alpha value is -6.86. The van der Waals surface area contributed by atoms with Gasteiger partial charge in [0, 0.05) is 129 Å². The van der Waals surface area contributed by atoms with Gasteiger partial charge in [-0.15, -0.1) is 11.3 Å². The number of ketones is 1. The molecule has 5 heterocycles. The van der Waals surface area contributed by atoms with Crippen molar-refractivity contribution in [3.8, 4) is 21.6 Å². The van der Waals surface area contributed by atoms with E-state index in [0.717, 1.165) is 83.9 Å². The van der Waals surface area contributed by atoms with Gasteiger partial charge in [-0.3, -0.25) is 38.6 Å². The number of benzene rings is 3. The lowest BCUT2D eigenvalue weighted by Crippen LogP contribution is -2.50. The summed E-state index contributed by atoms with van der Waals surface area (Å²) in [7, 11) is 2.02. The summed E-state index contributed by atoms with van der Waals surface area (Å²) < 4.78 is 53.2. The minimum Gasteiger partial charge on any atom is -0.391 e. The van der Waals surface area contributed by atoms with Crippen molar-refractivity contribution in [3.63, 3.8) is 0 Å². The molecule has 4 amide bonds. The molecule has 0 radical (unpaired) electrons. The smallest absolute Gasteiger partial charge is 0.391 e. The summed E-state index contributed by atoms with van der Waals surface area (Å²) in [6.07, 6.45) is -4.63. The highest BCUT2D eigenvalue weighted by Crippen LogP contribution is 2.37. The van der Waals surface area contributed by atoms with Gasteiger partial charge in [0.05, 0.1) is 71.1 Å². The highest BCUT2D eigenvalue weighted by Gasteiger charge is 2.44. The fourth-order valence-electron chi connectivity index (χ4n) is 10.9. The maximum atomic E-state index is 14.1. The number of aliphatic hydroxyl groups excluding tert-OH is 1. The molecule has 5 aromatic rings. The number of alkyl halides is 3. The van der Waals surface area contributed by atoms with Crippen LogP contribution in [0.5, 0.6) is 0 Å². The molecule has 3 aromatic carbocycles. The number of thiazole rings is 1. The number of aromatic nitrogens is 2. The number of rotatable bonds is 25. The van der Waals surface area contributed by atoms with Crippen molar-refractivity contribution >= 4 is 52.1 Å². The van der Waals surface area contributed by atoms with Gasteiger partial charge < -0.3 is 50.2 Å². The number of likely N-dealkylation sites (N-methyl/N-ethyl adjacent to an activating group) is 1. The van der Waals surface area contributed by atoms with Crippen LogP contribution in [0.15, 0.2) is 89.3 Å². The number of aliphatic hydroxyl groups is 1. The first kappa shape index (κ1) is 64.1. The van der Waals surface area contributed by atoms with Crippen molar-refractivity contribution in [2.45, 2.75) is 84.8 Å². The third-order valence-electron chi connectivity index (χ3n) is 15.9. The molecule has 85 heavy (non-hydrogen) atoms. The number of carbonyl (C=O) groups is 5. The van der Waals surface area contributed by atoms with Gasteiger partial charge in [-0.2, -0.15) is 13.2 Å². The van der Waals surface area contributed by atoms with E-state index in [1.54, 1.807) is 17.4 Å². The van der Waals surface area contributed by atoms with Crippen LogP contribution >= 0.6 is 11.3 Å². The van der Waals surface area contributed by atoms with Crippen LogP contribution in [0.4, 0.5) is 24.5 Å². The van der Waals surface area contributed by atoms with Crippen LogP contribution in [0.2, 0.25) is 0 Å². The Morgan fingerprint density at radius 3 is 2.18 bits per heavy atom. The first-order valence-electron chi connectivity index (χ1n) is 29.0. The molecular weight excluding hydrogens is 1120 g/mol. The summed E-state index contributed by atoms with van der Waals surface area (Å²) in [6, 6.07) is 21.1. The topological polar surface area (TPSA) is 222 Å². The summed E-state index contributed by atoms with van der Waals surface area (Å²) >= 11 is 1.57. The molecule has 2 aromatic heterocycles. The SMILES string of the molecule is Cc1ncsc1-c1ccc(CNC(=O)[C@@H]2C[C@@H](O)CN2C(=O)[C@@H](CC(=O)CCOCCOCCC(=O)NCCN2CCN(Cc3cccc(-c4ccc(N5CCN(C)CC5)c(NC(=O)c5c[nH]c(=O)cc5C(F)(F)F)c4)c3)CC2)C(C)(C)C)cc1. The lowest BCUT2D eigenvalue weighted by atomic mass is 9.76. The molecule has 0 bridgehead atoms. The predicted molar refractivity (Wildman–Crippen MR) is 320 cm³/mol. The van der Waals surface area contributed by atoms with E-state index in [4.69, 9.17) is 9.47 Å². The molecule has 3 aliphatic heterocycles. The molecule has 458 valence electrons. The highest BCUT2D eigenvalue weighted by atomic mass is 32.1. The number of halogens is 3. The fourth-order valence-corrected chi connectivity index (χ4v) is 11.7. The molecule has 3 saturated heterocycles. The van der Waals surface area contributed by atoms with Gasteiger partial charge in [-0.05, 0) is 65.4 Å². The average Bonchev–Trinajstić information content (AvgIpc) is 4.33. The van der Waals surface area contributed by atoms with Gasteiger partial charge in [0.2, 0.25) is 23.3 Å². The Morgan fingerprint density at radius 1 is 0.812 bits per heavy atom. The van der Waals surface area contributed by atoms with E-state index in [-0.39, 0.29) is 88.7 Å². The molecule has 0 spiro atoms. The third-order valence-corrected chi connectivity index (χ3v) is 16.9. The number of aromatic amines is 1. The summed E-state index contributed by atoms with van der Waals surface area (Å²) in [6.45, 7) is 16.7. The van der Waals surface area contributed by atoms with Gasteiger partial charge in [0.25, 0.3) is 5.91 Å². The predicted octanol–water partition coefficient (Wildman–Crippen LogP) is 6.44. The second kappa shape index (κ2) is 29.5. The zero-order valence-corrected chi connectivity index (χ0v) is 49.9. The lowest BCUT2D eigenvalue weighted by Gasteiger charge is -2.35. The lowest BCUT2D eigenvalue weighted by molar-refractivity contribution is -0.146. The van der Waals surface area contributed by atoms with Gasteiger partial charge in [-0.25, -0.2) is 4.98 Å². The van der Waals surface area contributed by atoms with Crippen LogP contribution in [0.3, 0.4) is 0 Å². The number of Topliss-reactive ketones (excluding diaryl/α,β-unsaturated/α-hetero) is 1. The number of carbonyl (C=O) groups excluding carboxylic acids is 5. The normalized spacial score (nSPS) is 17.7. The maximum absolute atomic E-state index is 14.1. The molecule has 19 nitrogen and oxygen atoms in total. The standard InChI is InChI=1S/C62H79F3N10O9S/c1-41-57(85-40-69-41)44-11-9-42(10-12-44)36-68-59(81)54-34-48(77)39-75(54)60(82)51(61(2,3)4)33-47(76)15-27-83-29-30-84-28-16-55(78)66-17-18-72-21-23-73(24-22-72)38-43-7-6-8-45(31-43)46-13-14-53(74-25-19-71(5)20-26-74)52(32-46)70-58(80)49-37-67-56(79)35-50(49)62(63,64)65/h6-14,31-32,35,37,40,48,51,54,77H,15-30,33-34,36,38-39H2,1-5H3,(H,66,78)(H,67,79)(H,68,81)(H,70,80)/t48-,51-,54+/m1/s1. The Balaban J connectivity index is 0.702. The van der Waals surface area contributed by atoms with Crippen LogP contribution in [-0.4, -0.2) is 182 Å². The van der Waals surface area contributed by atoms with Crippen molar-refractivity contribution < 1.29 is 51.7 Å². The molecule has 3 atom stereocenters. The molecule has 0 unspecified atom stereocenters. The number of piperazine rings is 2. The van der Waals surface area contributed by atoms with Crippen molar-refractivity contribution in [2.24, 2.45) is 11.3 Å². The van der Waals surface area contributed by atoms with E-state index in [2.05, 4.69) is 57.7 Å². The van der Waals surface area contributed by atoms with E-state index in [1.807, 2.05) is 88.8 Å². The summed E-state index contributed by atoms with van der Waals surface area (Å²) in [5, 5.41) is 19.3. The van der Waals surface area contributed by atoms with E-state index < -0.39 is 52.2 Å². The Labute approximate surface area is 498 Å². The number of pyridine rings is 1. The quantitative estimate of drug-likeness (QED) is 0.0397. The Bertz CT molecular complexity index is 3150. The molecule has 0 aliphatic carbocycles. The van der Waals surface area contributed by atoms with Gasteiger partial charge >= 0.3 is 6.18 Å². The maximum Gasteiger partial charge on any atom is 0.417 e. The number of ether oxygens (including phenoxy) is 2. The molecule has 5 N–H and O–H groups in total. The molecule has 3 fully saturated rings. The zero-order valence-electron chi connectivity index (χ0n) is 49.1. The number of anilines is 2. The van der Waals surface area contributed by atoms with Crippen molar-refractivity contribution in [3.05, 3.63) is 123 Å². The minimum atomic E-state index is -4.91. The number of amides is 4. The molecule has 0 saturated carbocycles. The Kier molecular flexibility index (Phi) is 22.3. The molecule has 23 heteroatoms. The van der Waals surface area contributed by atoms with E-state index in [1.165, 1.54) is 4.90 Å². The minimum absolute atomic E-state index is 0.00835. The monoisotopic (exact) mass is 1200 g/mol. The summed E-state index contributed by atoms with van der Waals surface area (Å²) in [5.41, 5.74) is 4.93. The number of aryl methyl sites for hydroxylation is 1. The van der Waals surface area contributed by atoms with E-state index in [9.17, 15) is 47.0 Å². The highest BCUT2D eigenvalue weighted by molar-refractivity contribution is 7.13. The Morgan fingerprint density at radius 2 is 1.49 bits per heavy atom. The number of likely N-dealkylation sites (tertiary alicyclic amines) is 1. The second-order valence-corrected chi connectivity index (χ2v) is 24.1. The van der Waals surface area contributed by atoms with Crippen LogP contribution in [-0.2, 0) is 47.9 Å².